The molecule has 0 spiro atoms. The van der Waals surface area contributed by atoms with Gasteiger partial charge >= 0.3 is 6.18 Å². The van der Waals surface area contributed by atoms with Gasteiger partial charge in [0.1, 0.15) is 5.58 Å². The molecule has 0 amide bonds. The fraction of sp³-hybridized carbons (Fsp3) is 0.273. The molecule has 1 aliphatic carbocycles. The Morgan fingerprint density at radius 2 is 1.83 bits per heavy atom. The topological polar surface area (TPSA) is 71.7 Å². The van der Waals surface area contributed by atoms with Crippen molar-refractivity contribution in [2.75, 3.05) is 0 Å². The van der Waals surface area contributed by atoms with Gasteiger partial charge in [0.05, 0.1) is 11.6 Å². The van der Waals surface area contributed by atoms with Crippen LogP contribution in [0.25, 0.3) is 28.3 Å². The highest BCUT2D eigenvalue weighted by atomic mass is 19.4. The van der Waals surface area contributed by atoms with Gasteiger partial charge in [-0.15, -0.1) is 0 Å². The molecule has 2 N–H and O–H groups in total. The smallest absolute Gasteiger partial charge is 0.392 e. The van der Waals surface area contributed by atoms with Gasteiger partial charge in [-0.3, -0.25) is 4.57 Å². The molecule has 1 aliphatic rings. The summed E-state index contributed by atoms with van der Waals surface area (Å²) in [6.45, 7) is 0. The summed E-state index contributed by atoms with van der Waals surface area (Å²) in [7, 11) is 0. The maximum atomic E-state index is 13.4. The molecular weight excluding hydrogens is 399 g/mol. The second-order valence-corrected chi connectivity index (χ2v) is 7.52. The monoisotopic (exact) mass is 417 g/mol. The summed E-state index contributed by atoms with van der Waals surface area (Å²) in [5, 5.41) is 19.6. The quantitative estimate of drug-likeness (QED) is 0.453. The second kappa shape index (κ2) is 6.78. The third kappa shape index (κ3) is 3.12. The number of halogens is 3. The minimum atomic E-state index is -4.29. The van der Waals surface area contributed by atoms with Crippen LogP contribution in [0.1, 0.15) is 29.7 Å². The summed E-state index contributed by atoms with van der Waals surface area (Å²) in [5.41, 5.74) is 2.52. The van der Waals surface area contributed by atoms with E-state index in [1.807, 2.05) is 36.4 Å². The number of furan rings is 2. The zero-order valence-corrected chi connectivity index (χ0v) is 15.7. The zero-order chi connectivity index (χ0) is 21.0. The van der Waals surface area contributed by atoms with Gasteiger partial charge in [-0.1, -0.05) is 18.2 Å². The molecule has 156 valence electrons. The number of alkyl halides is 3. The predicted octanol–water partition coefficient (Wildman–Crippen LogP) is 5.13. The molecule has 8 heteroatoms. The van der Waals surface area contributed by atoms with Crippen LogP contribution in [0, 0.1) is 5.92 Å². The van der Waals surface area contributed by atoms with E-state index >= 15 is 0 Å². The number of benzene rings is 1. The van der Waals surface area contributed by atoms with E-state index in [1.54, 1.807) is 4.57 Å². The first-order chi connectivity index (χ1) is 14.3. The lowest BCUT2D eigenvalue weighted by atomic mass is 9.87. The average molecular weight is 417 g/mol. The molecule has 3 heterocycles. The molecule has 5 nitrogen and oxygen atoms in total. The Bertz CT molecular complexity index is 1180. The van der Waals surface area contributed by atoms with Crippen LogP contribution >= 0.6 is 0 Å². The Labute approximate surface area is 169 Å². The molecule has 0 aliphatic heterocycles. The number of para-hydroxylation sites is 1. The highest BCUT2D eigenvalue weighted by Crippen LogP contribution is 2.42. The SMILES string of the molecule is OC(O)c1ccc(-n2c(-c3cc4ccccc4o3)cc3c2CC(C(F)(F)F)CC3)o1. The fourth-order valence-electron chi connectivity index (χ4n) is 4.13. The highest BCUT2D eigenvalue weighted by Gasteiger charge is 2.42. The summed E-state index contributed by atoms with van der Waals surface area (Å²) in [6.07, 6.45) is -5.98. The third-order valence-electron chi connectivity index (χ3n) is 5.62. The molecule has 1 unspecified atom stereocenters. The molecule has 30 heavy (non-hydrogen) atoms. The van der Waals surface area contributed by atoms with Crippen LogP contribution in [-0.4, -0.2) is 21.0 Å². The minimum absolute atomic E-state index is 0.0266. The van der Waals surface area contributed by atoms with Crippen molar-refractivity contribution >= 4 is 11.0 Å². The molecule has 0 fully saturated rings. The van der Waals surface area contributed by atoms with Crippen molar-refractivity contribution in [1.82, 2.24) is 4.57 Å². The van der Waals surface area contributed by atoms with Crippen LogP contribution in [-0.2, 0) is 12.8 Å². The lowest BCUT2D eigenvalue weighted by Gasteiger charge is -2.25. The van der Waals surface area contributed by atoms with Crippen molar-refractivity contribution in [2.45, 2.75) is 31.7 Å². The maximum Gasteiger partial charge on any atom is 0.392 e. The molecular formula is C22H18F3NO4. The van der Waals surface area contributed by atoms with Crippen molar-refractivity contribution in [3.63, 3.8) is 0 Å². The van der Waals surface area contributed by atoms with Gasteiger partial charge in [-0.2, -0.15) is 13.2 Å². The van der Waals surface area contributed by atoms with E-state index in [2.05, 4.69) is 0 Å². The number of aliphatic hydroxyl groups excluding tert-OH is 1. The van der Waals surface area contributed by atoms with E-state index in [1.165, 1.54) is 12.1 Å². The molecule has 4 aromatic rings. The van der Waals surface area contributed by atoms with Crippen LogP contribution < -0.4 is 0 Å². The normalized spacial score (nSPS) is 17.1. The Kier molecular flexibility index (Phi) is 4.30. The number of nitrogens with zero attached hydrogens (tertiary/aromatic N) is 1. The molecule has 0 saturated heterocycles. The number of rotatable bonds is 3. The third-order valence-corrected chi connectivity index (χ3v) is 5.62. The highest BCUT2D eigenvalue weighted by molar-refractivity contribution is 5.82. The lowest BCUT2D eigenvalue weighted by Crippen LogP contribution is -2.29. The number of hydrogen-bond donors (Lipinski definition) is 2. The number of aryl methyl sites for hydroxylation is 1. The average Bonchev–Trinajstić information content (AvgIpc) is 3.41. The molecule has 0 radical (unpaired) electrons. The van der Waals surface area contributed by atoms with E-state index in [-0.39, 0.29) is 30.9 Å². The Morgan fingerprint density at radius 1 is 1.03 bits per heavy atom. The summed E-state index contributed by atoms with van der Waals surface area (Å²) < 4.78 is 53.4. The number of fused-ring (bicyclic) bond motifs is 2. The largest absolute Gasteiger partial charge is 0.455 e. The van der Waals surface area contributed by atoms with E-state index in [9.17, 15) is 23.4 Å². The van der Waals surface area contributed by atoms with Gasteiger partial charge in [-0.05, 0) is 49.1 Å². The van der Waals surface area contributed by atoms with Crippen LogP contribution in [0.5, 0.6) is 0 Å². The fourth-order valence-corrected chi connectivity index (χ4v) is 4.13. The van der Waals surface area contributed by atoms with Gasteiger partial charge in [0.15, 0.2) is 11.5 Å². The first kappa shape index (κ1) is 19.0. The predicted molar refractivity (Wildman–Crippen MR) is 102 cm³/mol. The van der Waals surface area contributed by atoms with Crippen LogP contribution in [0.2, 0.25) is 0 Å². The van der Waals surface area contributed by atoms with Crippen molar-refractivity contribution in [1.29, 1.82) is 0 Å². The molecule has 1 atom stereocenters. The number of aromatic nitrogens is 1. The first-order valence-corrected chi connectivity index (χ1v) is 9.56. The Hall–Kier alpha value is -2.97. The van der Waals surface area contributed by atoms with Crippen LogP contribution in [0.4, 0.5) is 13.2 Å². The van der Waals surface area contributed by atoms with Crippen LogP contribution in [0.3, 0.4) is 0 Å². The zero-order valence-electron chi connectivity index (χ0n) is 15.7. The summed E-state index contributed by atoms with van der Waals surface area (Å²) in [4.78, 5) is 0. The second-order valence-electron chi connectivity index (χ2n) is 7.52. The van der Waals surface area contributed by atoms with Gasteiger partial charge in [0, 0.05) is 17.1 Å². The van der Waals surface area contributed by atoms with Crippen molar-refractivity contribution in [3.05, 3.63) is 65.5 Å². The van der Waals surface area contributed by atoms with Gasteiger partial charge in [0.2, 0.25) is 12.2 Å². The molecule has 0 saturated carbocycles. The number of aliphatic hydroxyl groups is 2. The van der Waals surface area contributed by atoms with Crippen molar-refractivity contribution in [3.8, 4) is 17.3 Å². The van der Waals surface area contributed by atoms with Crippen molar-refractivity contribution in [2.24, 2.45) is 5.92 Å². The molecule has 5 rings (SSSR count). The summed E-state index contributed by atoms with van der Waals surface area (Å²) >= 11 is 0. The van der Waals surface area contributed by atoms with Gasteiger partial charge in [-0.25, -0.2) is 0 Å². The summed E-state index contributed by atoms with van der Waals surface area (Å²) in [6, 6.07) is 14.0. The minimum Gasteiger partial charge on any atom is -0.455 e. The molecule has 3 aromatic heterocycles. The lowest BCUT2D eigenvalue weighted by molar-refractivity contribution is -0.177. The van der Waals surface area contributed by atoms with Crippen molar-refractivity contribution < 1.29 is 32.2 Å². The first-order valence-electron chi connectivity index (χ1n) is 9.56. The van der Waals surface area contributed by atoms with E-state index in [4.69, 9.17) is 8.83 Å². The van der Waals surface area contributed by atoms with E-state index in [0.717, 1.165) is 10.9 Å². The molecule has 1 aromatic carbocycles. The van der Waals surface area contributed by atoms with E-state index in [0.29, 0.717) is 22.7 Å². The standard InChI is InChI=1S/C22H18F3NO4/c23-22(24,25)14-6-5-12-9-16(19-10-13-3-1-2-4-17(13)29-19)26(15(12)11-14)20-8-7-18(30-20)21(27)28/h1-4,7-10,14,21,27-28H,5-6,11H2. The Balaban J connectivity index is 1.69. The van der Waals surface area contributed by atoms with Crippen LogP contribution in [0.15, 0.2) is 57.4 Å². The summed E-state index contributed by atoms with van der Waals surface area (Å²) in [5.74, 6) is -0.833. The maximum absolute atomic E-state index is 13.4. The van der Waals surface area contributed by atoms with Gasteiger partial charge in [0.25, 0.3) is 0 Å². The van der Waals surface area contributed by atoms with E-state index < -0.39 is 18.4 Å². The Morgan fingerprint density at radius 3 is 2.53 bits per heavy atom. The number of hydrogen-bond acceptors (Lipinski definition) is 4. The molecule has 0 bridgehead atoms. The van der Waals surface area contributed by atoms with Gasteiger partial charge < -0.3 is 19.0 Å².